The largest absolute Gasteiger partial charge is 0.327 e. The smallest absolute Gasteiger partial charge is 0.310 e. The molecule has 170 valence electrons. The fourth-order valence-corrected chi connectivity index (χ4v) is 6.97. The number of aromatic nitrogens is 1. The number of hydrogen-bond donors (Lipinski definition) is 0. The van der Waals surface area contributed by atoms with Crippen LogP contribution >= 0.6 is 11.3 Å². The first-order valence-corrected chi connectivity index (χ1v) is 12.7. The van der Waals surface area contributed by atoms with Crippen molar-refractivity contribution in [1.82, 2.24) is 19.7 Å². The van der Waals surface area contributed by atoms with Gasteiger partial charge in [-0.1, -0.05) is 36.4 Å². The summed E-state index contributed by atoms with van der Waals surface area (Å²) in [5.74, 6) is 0.0202. The van der Waals surface area contributed by atoms with E-state index in [2.05, 4.69) is 29.2 Å². The maximum Gasteiger partial charge on any atom is 0.327 e. The quantitative estimate of drug-likeness (QED) is 0.551. The van der Waals surface area contributed by atoms with Crippen LogP contribution < -0.4 is 0 Å². The number of fused-ring (bicyclic) bond motifs is 2. The predicted molar refractivity (Wildman–Crippen MR) is 129 cm³/mol. The molecule has 0 unspecified atom stereocenters. The van der Waals surface area contributed by atoms with Crippen molar-refractivity contribution in [2.45, 2.75) is 50.7 Å². The van der Waals surface area contributed by atoms with Gasteiger partial charge in [-0.05, 0) is 55.9 Å². The number of hydrogen-bond acceptors (Lipinski definition) is 5. The molecule has 6 nitrogen and oxygen atoms in total. The van der Waals surface area contributed by atoms with E-state index in [0.29, 0.717) is 19.4 Å². The Hall–Kier alpha value is -2.77. The van der Waals surface area contributed by atoms with Crippen LogP contribution in [0.2, 0.25) is 0 Å². The van der Waals surface area contributed by atoms with E-state index < -0.39 is 5.54 Å². The van der Waals surface area contributed by atoms with E-state index in [1.807, 2.05) is 36.1 Å². The molecule has 6 rings (SSSR count). The molecule has 0 saturated carbocycles. The molecule has 2 aliphatic heterocycles. The first-order chi connectivity index (χ1) is 16.1. The molecule has 7 heteroatoms. The van der Waals surface area contributed by atoms with Gasteiger partial charge in [0.25, 0.3) is 5.91 Å². The van der Waals surface area contributed by atoms with Gasteiger partial charge in [-0.15, -0.1) is 11.3 Å². The monoisotopic (exact) mass is 460 g/mol. The second-order valence-electron chi connectivity index (χ2n) is 9.42. The Balaban J connectivity index is 1.19. The molecule has 1 aromatic heterocycles. The molecule has 2 aromatic carbocycles. The molecule has 3 heterocycles. The number of thiazole rings is 1. The number of likely N-dealkylation sites (tertiary alicyclic amines) is 1. The van der Waals surface area contributed by atoms with Crippen molar-refractivity contribution in [3.8, 4) is 0 Å². The normalized spacial score (nSPS) is 21.0. The van der Waals surface area contributed by atoms with Crippen LogP contribution in [0, 0.1) is 0 Å². The van der Waals surface area contributed by atoms with E-state index >= 15 is 0 Å². The van der Waals surface area contributed by atoms with E-state index in [1.54, 1.807) is 16.2 Å². The molecule has 3 aliphatic rings. The molecule has 0 atom stereocenters. The Kier molecular flexibility index (Phi) is 4.99. The molecule has 0 radical (unpaired) electrons. The third-order valence-electron chi connectivity index (χ3n) is 7.66. The number of carbonyl (C=O) groups excluding carboxylic acids is 2. The summed E-state index contributed by atoms with van der Waals surface area (Å²) in [7, 11) is 0. The number of nitrogens with zero attached hydrogens (tertiary/aromatic N) is 4. The van der Waals surface area contributed by atoms with Crippen LogP contribution in [0.4, 0.5) is 4.79 Å². The van der Waals surface area contributed by atoms with Crippen molar-refractivity contribution in [2.75, 3.05) is 19.6 Å². The summed E-state index contributed by atoms with van der Waals surface area (Å²) >= 11 is 1.74. The van der Waals surface area contributed by atoms with Gasteiger partial charge in [0.1, 0.15) is 10.5 Å². The van der Waals surface area contributed by atoms with Gasteiger partial charge in [-0.3, -0.25) is 14.6 Å². The lowest BCUT2D eigenvalue weighted by atomic mass is 9.85. The third kappa shape index (κ3) is 3.28. The minimum Gasteiger partial charge on any atom is -0.310 e. The van der Waals surface area contributed by atoms with E-state index in [0.717, 1.165) is 43.0 Å². The summed E-state index contributed by atoms with van der Waals surface area (Å²) in [6.45, 7) is 4.95. The Labute approximate surface area is 197 Å². The van der Waals surface area contributed by atoms with Crippen LogP contribution in [-0.4, -0.2) is 62.8 Å². The zero-order valence-electron chi connectivity index (χ0n) is 18.9. The molecule has 3 amide bonds. The Bertz CT molecular complexity index is 1170. The highest BCUT2D eigenvalue weighted by atomic mass is 32.1. The van der Waals surface area contributed by atoms with E-state index in [9.17, 15) is 9.59 Å². The fourth-order valence-electron chi connectivity index (χ4n) is 5.96. The summed E-state index contributed by atoms with van der Waals surface area (Å²) in [6.07, 6.45) is 2.91. The van der Waals surface area contributed by atoms with E-state index in [1.165, 1.54) is 15.8 Å². The number of piperidine rings is 1. The minimum atomic E-state index is -0.690. The summed E-state index contributed by atoms with van der Waals surface area (Å²) in [6, 6.07) is 16.4. The highest BCUT2D eigenvalue weighted by Crippen LogP contribution is 2.40. The molecular weight excluding hydrogens is 432 g/mol. The molecule has 1 spiro atoms. The lowest BCUT2D eigenvalue weighted by molar-refractivity contribution is -0.137. The van der Waals surface area contributed by atoms with Gasteiger partial charge in [-0.2, -0.15) is 0 Å². The van der Waals surface area contributed by atoms with E-state index in [4.69, 9.17) is 4.98 Å². The maximum atomic E-state index is 13.8. The zero-order chi connectivity index (χ0) is 22.6. The van der Waals surface area contributed by atoms with Crippen molar-refractivity contribution in [3.05, 3.63) is 64.7 Å². The maximum absolute atomic E-state index is 13.8. The average Bonchev–Trinajstić information content (AvgIpc) is 3.48. The highest BCUT2D eigenvalue weighted by molar-refractivity contribution is 7.18. The van der Waals surface area contributed by atoms with Gasteiger partial charge >= 0.3 is 6.03 Å². The summed E-state index contributed by atoms with van der Waals surface area (Å²) in [5.41, 5.74) is 2.88. The standard InChI is InChI=1S/C26H28N4O2S/c1-2-29-25(32)30(20-15-18-7-3-4-8-19(18)16-20)24(31)26(29)11-13-28(14-12-26)17-23-27-21-9-5-6-10-22(21)33-23/h3-10,20H,2,11-17H2,1H3. The second-order valence-corrected chi connectivity index (χ2v) is 10.5. The van der Waals surface area contributed by atoms with Gasteiger partial charge < -0.3 is 4.90 Å². The van der Waals surface area contributed by atoms with Crippen LogP contribution in [0.15, 0.2) is 48.5 Å². The number of amides is 3. The van der Waals surface area contributed by atoms with Crippen LogP contribution in [-0.2, 0) is 24.2 Å². The number of benzene rings is 2. The second kappa shape index (κ2) is 7.92. The van der Waals surface area contributed by atoms with Crippen LogP contribution in [0.25, 0.3) is 10.2 Å². The number of likely N-dealkylation sites (N-methyl/N-ethyl adjacent to an activating group) is 1. The van der Waals surface area contributed by atoms with Crippen molar-refractivity contribution < 1.29 is 9.59 Å². The minimum absolute atomic E-state index is 0.0202. The molecule has 0 N–H and O–H groups in total. The number of carbonyl (C=O) groups is 2. The Morgan fingerprint density at radius 1 is 1.00 bits per heavy atom. The summed E-state index contributed by atoms with van der Waals surface area (Å²) < 4.78 is 1.21. The first-order valence-electron chi connectivity index (χ1n) is 11.9. The number of urea groups is 1. The number of para-hydroxylation sites is 1. The molecule has 1 aliphatic carbocycles. The fraction of sp³-hybridized carbons (Fsp3) is 0.423. The van der Waals surface area contributed by atoms with Gasteiger partial charge in [0.2, 0.25) is 0 Å². The van der Waals surface area contributed by atoms with Crippen LogP contribution in [0.1, 0.15) is 35.9 Å². The molecule has 3 aromatic rings. The third-order valence-corrected chi connectivity index (χ3v) is 8.68. The summed E-state index contributed by atoms with van der Waals surface area (Å²) in [4.78, 5) is 37.9. The van der Waals surface area contributed by atoms with Gasteiger partial charge in [-0.25, -0.2) is 9.78 Å². The summed E-state index contributed by atoms with van der Waals surface area (Å²) in [5, 5.41) is 1.11. The van der Waals surface area contributed by atoms with Gasteiger partial charge in [0, 0.05) is 25.7 Å². The lowest BCUT2D eigenvalue weighted by Crippen LogP contribution is -2.56. The van der Waals surface area contributed by atoms with Crippen molar-refractivity contribution in [3.63, 3.8) is 0 Å². The molecular formula is C26H28N4O2S. The number of rotatable bonds is 4. The van der Waals surface area contributed by atoms with Crippen LogP contribution in [0.3, 0.4) is 0 Å². The van der Waals surface area contributed by atoms with E-state index in [-0.39, 0.29) is 18.0 Å². The molecule has 2 saturated heterocycles. The predicted octanol–water partition coefficient (Wildman–Crippen LogP) is 4.08. The first kappa shape index (κ1) is 20.8. The van der Waals surface area contributed by atoms with Crippen molar-refractivity contribution in [1.29, 1.82) is 0 Å². The van der Waals surface area contributed by atoms with Crippen molar-refractivity contribution in [2.24, 2.45) is 0 Å². The zero-order valence-corrected chi connectivity index (χ0v) is 19.7. The Morgan fingerprint density at radius 2 is 1.67 bits per heavy atom. The highest BCUT2D eigenvalue weighted by Gasteiger charge is 2.59. The topological polar surface area (TPSA) is 56.8 Å². The molecule has 0 bridgehead atoms. The SMILES string of the molecule is CCN1C(=O)N(C2Cc3ccccc3C2)C(=O)C12CCN(Cc1nc3ccccc3s1)CC2. The molecule has 33 heavy (non-hydrogen) atoms. The van der Waals surface area contributed by atoms with Crippen LogP contribution in [0.5, 0.6) is 0 Å². The van der Waals surface area contributed by atoms with Gasteiger partial charge in [0.05, 0.1) is 16.8 Å². The van der Waals surface area contributed by atoms with Gasteiger partial charge in [0.15, 0.2) is 0 Å². The Morgan fingerprint density at radius 3 is 2.33 bits per heavy atom. The lowest BCUT2D eigenvalue weighted by Gasteiger charge is -2.41. The molecule has 2 fully saturated rings. The average molecular weight is 461 g/mol. The van der Waals surface area contributed by atoms with Crippen molar-refractivity contribution >= 4 is 33.5 Å². The number of imide groups is 1.